The number of nitrogens with two attached hydrogens (primary N) is 1. The Labute approximate surface area is 105 Å². The molecule has 0 aliphatic rings. The fourth-order valence-electron chi connectivity index (χ4n) is 1.43. The quantitative estimate of drug-likeness (QED) is 0.544. The fourth-order valence-corrected chi connectivity index (χ4v) is 1.43. The summed E-state index contributed by atoms with van der Waals surface area (Å²) in [6.45, 7) is 9.05. The molecule has 3 N–H and O–H groups in total. The third kappa shape index (κ3) is 9.53. The fraction of sp³-hybridized carbons (Fsp3) is 1.00. The van der Waals surface area contributed by atoms with Gasteiger partial charge in [0.15, 0.2) is 0 Å². The number of hydrogen-bond donors (Lipinski definition) is 2. The molecule has 0 spiro atoms. The molecule has 0 aromatic carbocycles. The zero-order valence-electron chi connectivity index (χ0n) is 11.6. The standard InChI is InChI=1S/C13H29NO3/c1-4-13(14,11-15)6-5-7-16-8-9-17-10-12(2)3/h12,15H,4-11,14H2,1-3H3. The maximum absolute atomic E-state index is 9.12. The maximum atomic E-state index is 9.12. The summed E-state index contributed by atoms with van der Waals surface area (Å²) in [5.41, 5.74) is 5.53. The van der Waals surface area contributed by atoms with Crippen LogP contribution in [0.4, 0.5) is 0 Å². The Morgan fingerprint density at radius 1 is 1.18 bits per heavy atom. The first kappa shape index (κ1) is 16.8. The second kappa shape index (κ2) is 9.83. The van der Waals surface area contributed by atoms with E-state index in [1.54, 1.807) is 0 Å². The zero-order valence-corrected chi connectivity index (χ0v) is 11.6. The van der Waals surface area contributed by atoms with Crippen molar-refractivity contribution in [1.29, 1.82) is 0 Å². The molecule has 0 fully saturated rings. The molecule has 0 aliphatic heterocycles. The highest BCUT2D eigenvalue weighted by Gasteiger charge is 2.20. The highest BCUT2D eigenvalue weighted by atomic mass is 16.5. The van der Waals surface area contributed by atoms with Gasteiger partial charge in [0, 0.05) is 18.8 Å². The van der Waals surface area contributed by atoms with Crippen molar-refractivity contribution in [2.45, 2.75) is 45.6 Å². The minimum Gasteiger partial charge on any atom is -0.394 e. The van der Waals surface area contributed by atoms with Crippen LogP contribution in [0.5, 0.6) is 0 Å². The number of aliphatic hydroxyl groups is 1. The van der Waals surface area contributed by atoms with Gasteiger partial charge in [-0.15, -0.1) is 0 Å². The largest absolute Gasteiger partial charge is 0.394 e. The van der Waals surface area contributed by atoms with Crippen LogP contribution in [0, 0.1) is 5.92 Å². The van der Waals surface area contributed by atoms with Crippen molar-refractivity contribution in [2.75, 3.05) is 33.0 Å². The average Bonchev–Trinajstić information content (AvgIpc) is 2.32. The van der Waals surface area contributed by atoms with Crippen LogP contribution in [0.25, 0.3) is 0 Å². The van der Waals surface area contributed by atoms with Gasteiger partial charge in [0.2, 0.25) is 0 Å². The monoisotopic (exact) mass is 247 g/mol. The summed E-state index contributed by atoms with van der Waals surface area (Å²) in [4.78, 5) is 0. The molecule has 0 amide bonds. The Bertz CT molecular complexity index is 170. The van der Waals surface area contributed by atoms with Gasteiger partial charge in [0.25, 0.3) is 0 Å². The summed E-state index contributed by atoms with van der Waals surface area (Å²) in [7, 11) is 0. The SMILES string of the molecule is CCC(N)(CO)CCCOCCOCC(C)C. The lowest BCUT2D eigenvalue weighted by atomic mass is 9.93. The van der Waals surface area contributed by atoms with Gasteiger partial charge in [0.1, 0.15) is 0 Å². The molecular weight excluding hydrogens is 218 g/mol. The summed E-state index contributed by atoms with van der Waals surface area (Å²) in [6.07, 6.45) is 2.48. The smallest absolute Gasteiger partial charge is 0.0700 e. The molecule has 0 saturated carbocycles. The summed E-state index contributed by atoms with van der Waals surface area (Å²) < 4.78 is 10.8. The first-order valence-electron chi connectivity index (χ1n) is 6.59. The van der Waals surface area contributed by atoms with Gasteiger partial charge in [-0.2, -0.15) is 0 Å². The summed E-state index contributed by atoms with van der Waals surface area (Å²) in [5, 5.41) is 9.12. The maximum Gasteiger partial charge on any atom is 0.0700 e. The van der Waals surface area contributed by atoms with Crippen molar-refractivity contribution in [3.8, 4) is 0 Å². The molecule has 17 heavy (non-hydrogen) atoms. The van der Waals surface area contributed by atoms with Crippen molar-refractivity contribution in [1.82, 2.24) is 0 Å². The molecule has 1 atom stereocenters. The van der Waals surface area contributed by atoms with E-state index in [4.69, 9.17) is 20.3 Å². The molecular formula is C13H29NO3. The van der Waals surface area contributed by atoms with E-state index in [1.807, 2.05) is 6.92 Å². The molecule has 4 nitrogen and oxygen atoms in total. The Hall–Kier alpha value is -0.160. The molecule has 0 aromatic heterocycles. The molecule has 1 unspecified atom stereocenters. The predicted molar refractivity (Wildman–Crippen MR) is 70.0 cm³/mol. The molecule has 0 radical (unpaired) electrons. The second-order valence-corrected chi connectivity index (χ2v) is 5.06. The lowest BCUT2D eigenvalue weighted by Gasteiger charge is -2.25. The van der Waals surface area contributed by atoms with Crippen LogP contribution in [0.2, 0.25) is 0 Å². The van der Waals surface area contributed by atoms with E-state index in [1.165, 1.54) is 0 Å². The number of rotatable bonds is 11. The first-order chi connectivity index (χ1) is 8.04. The Kier molecular flexibility index (Phi) is 9.74. The van der Waals surface area contributed by atoms with Crippen LogP contribution >= 0.6 is 0 Å². The van der Waals surface area contributed by atoms with E-state index in [0.29, 0.717) is 25.7 Å². The Balaban J connectivity index is 3.29. The van der Waals surface area contributed by atoms with Crippen molar-refractivity contribution in [3.05, 3.63) is 0 Å². The zero-order chi connectivity index (χ0) is 13.1. The van der Waals surface area contributed by atoms with E-state index in [2.05, 4.69) is 13.8 Å². The van der Waals surface area contributed by atoms with Gasteiger partial charge in [-0.3, -0.25) is 0 Å². The number of ether oxygens (including phenoxy) is 2. The number of aliphatic hydroxyl groups excluding tert-OH is 1. The molecule has 0 aromatic rings. The second-order valence-electron chi connectivity index (χ2n) is 5.06. The van der Waals surface area contributed by atoms with Gasteiger partial charge >= 0.3 is 0 Å². The Morgan fingerprint density at radius 2 is 1.82 bits per heavy atom. The van der Waals surface area contributed by atoms with E-state index in [-0.39, 0.29) is 6.61 Å². The average molecular weight is 247 g/mol. The molecule has 0 rings (SSSR count). The van der Waals surface area contributed by atoms with E-state index in [0.717, 1.165) is 25.9 Å². The van der Waals surface area contributed by atoms with Crippen LogP contribution in [-0.4, -0.2) is 43.7 Å². The van der Waals surface area contributed by atoms with Gasteiger partial charge < -0.3 is 20.3 Å². The summed E-state index contributed by atoms with van der Waals surface area (Å²) in [5.74, 6) is 0.571. The number of hydrogen-bond acceptors (Lipinski definition) is 4. The highest BCUT2D eigenvalue weighted by molar-refractivity contribution is 4.81. The first-order valence-corrected chi connectivity index (χ1v) is 6.59. The third-order valence-electron chi connectivity index (χ3n) is 2.81. The highest BCUT2D eigenvalue weighted by Crippen LogP contribution is 2.12. The van der Waals surface area contributed by atoms with Gasteiger partial charge in [-0.25, -0.2) is 0 Å². The summed E-state index contributed by atoms with van der Waals surface area (Å²) >= 11 is 0. The van der Waals surface area contributed by atoms with Crippen LogP contribution in [0.1, 0.15) is 40.0 Å². The molecule has 104 valence electrons. The molecule has 4 heteroatoms. The van der Waals surface area contributed by atoms with Crippen molar-refractivity contribution in [3.63, 3.8) is 0 Å². The third-order valence-corrected chi connectivity index (χ3v) is 2.81. The van der Waals surface area contributed by atoms with Crippen molar-refractivity contribution >= 4 is 0 Å². The van der Waals surface area contributed by atoms with E-state index in [9.17, 15) is 0 Å². The Morgan fingerprint density at radius 3 is 2.35 bits per heavy atom. The minimum atomic E-state index is -0.433. The van der Waals surface area contributed by atoms with Crippen LogP contribution in [0.3, 0.4) is 0 Å². The lowest BCUT2D eigenvalue weighted by molar-refractivity contribution is 0.0343. The topological polar surface area (TPSA) is 64.7 Å². The van der Waals surface area contributed by atoms with Crippen LogP contribution < -0.4 is 5.73 Å². The summed E-state index contributed by atoms with van der Waals surface area (Å²) in [6, 6.07) is 0. The van der Waals surface area contributed by atoms with Gasteiger partial charge in [-0.05, 0) is 25.2 Å². The lowest BCUT2D eigenvalue weighted by Crippen LogP contribution is -2.43. The molecule has 0 aliphatic carbocycles. The van der Waals surface area contributed by atoms with Crippen LogP contribution in [-0.2, 0) is 9.47 Å². The van der Waals surface area contributed by atoms with Gasteiger partial charge in [0.05, 0.1) is 19.8 Å². The molecule has 0 saturated heterocycles. The molecule has 0 bridgehead atoms. The predicted octanol–water partition coefficient (Wildman–Crippen LogP) is 1.56. The van der Waals surface area contributed by atoms with Gasteiger partial charge in [-0.1, -0.05) is 20.8 Å². The normalized spacial score (nSPS) is 15.2. The van der Waals surface area contributed by atoms with E-state index >= 15 is 0 Å². The minimum absolute atomic E-state index is 0.0427. The van der Waals surface area contributed by atoms with Crippen LogP contribution in [0.15, 0.2) is 0 Å². The van der Waals surface area contributed by atoms with E-state index < -0.39 is 5.54 Å². The molecule has 0 heterocycles. The van der Waals surface area contributed by atoms with Crippen molar-refractivity contribution < 1.29 is 14.6 Å². The van der Waals surface area contributed by atoms with Crippen molar-refractivity contribution in [2.24, 2.45) is 11.7 Å².